The van der Waals surface area contributed by atoms with Crippen LogP contribution in [0.2, 0.25) is 0 Å². The second kappa shape index (κ2) is 9.65. The Hall–Kier alpha value is -0.320. The van der Waals surface area contributed by atoms with Gasteiger partial charge in [0.05, 0.1) is 6.61 Å². The zero-order valence-electron chi connectivity index (χ0n) is 13.1. The van der Waals surface area contributed by atoms with Gasteiger partial charge in [-0.15, -0.1) is 0 Å². The van der Waals surface area contributed by atoms with Gasteiger partial charge >= 0.3 is 0 Å². The van der Waals surface area contributed by atoms with Crippen molar-refractivity contribution in [1.82, 2.24) is 5.32 Å². The van der Waals surface area contributed by atoms with Crippen LogP contribution in [0, 0.1) is 0 Å². The molecule has 2 atom stereocenters. The van der Waals surface area contributed by atoms with Crippen molar-refractivity contribution in [3.05, 3.63) is 29.8 Å². The van der Waals surface area contributed by atoms with E-state index in [9.17, 15) is 0 Å². The molecule has 2 nitrogen and oxygen atoms in total. The minimum Gasteiger partial charge on any atom is -0.493 e. The Morgan fingerprint density at radius 3 is 2.81 bits per heavy atom. The second-order valence-corrected chi connectivity index (χ2v) is 7.80. The Labute approximate surface area is 137 Å². The van der Waals surface area contributed by atoms with Crippen molar-refractivity contribution in [2.24, 2.45) is 0 Å². The fourth-order valence-corrected chi connectivity index (χ4v) is 5.38. The molecule has 2 unspecified atom stereocenters. The molecule has 0 aliphatic carbocycles. The van der Waals surface area contributed by atoms with Crippen molar-refractivity contribution in [3.63, 3.8) is 0 Å². The summed E-state index contributed by atoms with van der Waals surface area (Å²) in [5.74, 6) is 4.84. The van der Waals surface area contributed by atoms with Crippen LogP contribution in [0.25, 0.3) is 0 Å². The summed E-state index contributed by atoms with van der Waals surface area (Å²) >= 11 is 4.19. The molecule has 118 valence electrons. The molecule has 2 rings (SSSR count). The van der Waals surface area contributed by atoms with Gasteiger partial charge in [0.2, 0.25) is 0 Å². The lowest BCUT2D eigenvalue weighted by atomic mass is 10.0. The first kappa shape index (κ1) is 17.0. The van der Waals surface area contributed by atoms with Crippen LogP contribution in [0.1, 0.15) is 38.3 Å². The van der Waals surface area contributed by atoms with E-state index in [1.54, 1.807) is 0 Å². The van der Waals surface area contributed by atoms with E-state index in [-0.39, 0.29) is 0 Å². The quantitative estimate of drug-likeness (QED) is 0.766. The number of hydrogen-bond donors (Lipinski definition) is 1. The molecular weight excluding hydrogens is 298 g/mol. The van der Waals surface area contributed by atoms with E-state index in [0.29, 0.717) is 11.3 Å². The first-order valence-corrected chi connectivity index (χ1v) is 10.2. The summed E-state index contributed by atoms with van der Waals surface area (Å²) < 4.78 is 5.98. The second-order valence-electron chi connectivity index (χ2n) is 5.30. The highest BCUT2D eigenvalue weighted by molar-refractivity contribution is 8.06. The molecule has 1 heterocycles. The Morgan fingerprint density at radius 1 is 1.24 bits per heavy atom. The van der Waals surface area contributed by atoms with E-state index in [4.69, 9.17) is 4.74 Å². The molecule has 0 spiro atoms. The van der Waals surface area contributed by atoms with Crippen LogP contribution in [0.4, 0.5) is 0 Å². The lowest BCUT2D eigenvalue weighted by Crippen LogP contribution is -2.34. The van der Waals surface area contributed by atoms with Crippen LogP contribution in [-0.2, 0) is 0 Å². The predicted octanol–water partition coefficient (Wildman–Crippen LogP) is 4.36. The van der Waals surface area contributed by atoms with Gasteiger partial charge < -0.3 is 10.1 Å². The third-order valence-corrected chi connectivity index (χ3v) is 6.41. The van der Waals surface area contributed by atoms with Crippen LogP contribution in [0.5, 0.6) is 5.75 Å². The van der Waals surface area contributed by atoms with Crippen LogP contribution < -0.4 is 10.1 Å². The van der Waals surface area contributed by atoms with Crippen molar-refractivity contribution in [2.75, 3.05) is 30.4 Å². The molecule has 0 aromatic heterocycles. The molecule has 1 aliphatic rings. The zero-order valence-corrected chi connectivity index (χ0v) is 14.8. The average Bonchev–Trinajstić information content (AvgIpc) is 2.55. The van der Waals surface area contributed by atoms with Gasteiger partial charge in [-0.1, -0.05) is 32.0 Å². The summed E-state index contributed by atoms with van der Waals surface area (Å²) in [5, 5.41) is 4.40. The van der Waals surface area contributed by atoms with E-state index < -0.39 is 0 Å². The topological polar surface area (TPSA) is 21.3 Å². The van der Waals surface area contributed by atoms with Crippen LogP contribution >= 0.6 is 23.5 Å². The summed E-state index contributed by atoms with van der Waals surface area (Å²) in [5.41, 5.74) is 1.33. The first-order chi connectivity index (χ1) is 10.4. The van der Waals surface area contributed by atoms with Crippen LogP contribution in [-0.4, -0.2) is 35.7 Å². The SMILES string of the molecule is CCCNC(c1ccccc1OCCC)C1CSCCS1. The Kier molecular flexibility index (Phi) is 7.83. The molecule has 0 saturated carbocycles. The molecule has 0 bridgehead atoms. The Morgan fingerprint density at radius 2 is 2.10 bits per heavy atom. The fraction of sp³-hybridized carbons (Fsp3) is 0.647. The minimum atomic E-state index is 0.399. The van der Waals surface area contributed by atoms with Gasteiger partial charge in [0, 0.05) is 34.1 Å². The van der Waals surface area contributed by atoms with Crippen LogP contribution in [0.15, 0.2) is 24.3 Å². The van der Waals surface area contributed by atoms with Crippen molar-refractivity contribution in [2.45, 2.75) is 38.0 Å². The number of nitrogens with one attached hydrogen (secondary N) is 1. The highest BCUT2D eigenvalue weighted by Crippen LogP contribution is 2.37. The van der Waals surface area contributed by atoms with E-state index in [2.05, 4.69) is 67.0 Å². The maximum Gasteiger partial charge on any atom is 0.124 e. The maximum absolute atomic E-state index is 5.98. The molecule has 1 aliphatic heterocycles. The van der Waals surface area contributed by atoms with Gasteiger partial charge in [-0.2, -0.15) is 23.5 Å². The molecular formula is C17H27NOS2. The normalized spacial score (nSPS) is 20.2. The number of thioether (sulfide) groups is 2. The molecule has 21 heavy (non-hydrogen) atoms. The van der Waals surface area contributed by atoms with Gasteiger partial charge in [0.15, 0.2) is 0 Å². The first-order valence-electron chi connectivity index (χ1n) is 8.01. The predicted molar refractivity (Wildman–Crippen MR) is 96.8 cm³/mol. The summed E-state index contributed by atoms with van der Waals surface area (Å²) in [4.78, 5) is 0. The van der Waals surface area contributed by atoms with Crippen molar-refractivity contribution in [3.8, 4) is 5.75 Å². The van der Waals surface area contributed by atoms with E-state index in [1.807, 2.05) is 0 Å². The van der Waals surface area contributed by atoms with Crippen molar-refractivity contribution < 1.29 is 4.74 Å². The zero-order chi connectivity index (χ0) is 14.9. The molecule has 1 saturated heterocycles. The van der Waals surface area contributed by atoms with Gasteiger partial charge in [-0.3, -0.25) is 0 Å². The van der Waals surface area contributed by atoms with Crippen molar-refractivity contribution in [1.29, 1.82) is 0 Å². The summed E-state index contributed by atoms with van der Waals surface area (Å²) in [7, 11) is 0. The van der Waals surface area contributed by atoms with Crippen LogP contribution in [0.3, 0.4) is 0 Å². The number of ether oxygens (including phenoxy) is 1. The average molecular weight is 326 g/mol. The smallest absolute Gasteiger partial charge is 0.124 e. The Bertz CT molecular complexity index is 408. The highest BCUT2D eigenvalue weighted by atomic mass is 32.2. The maximum atomic E-state index is 5.98. The monoisotopic (exact) mass is 325 g/mol. The molecule has 4 heteroatoms. The van der Waals surface area contributed by atoms with E-state index >= 15 is 0 Å². The van der Waals surface area contributed by atoms with E-state index in [1.165, 1.54) is 29.2 Å². The minimum absolute atomic E-state index is 0.399. The molecule has 1 aromatic carbocycles. The van der Waals surface area contributed by atoms with E-state index in [0.717, 1.165) is 25.3 Å². The largest absolute Gasteiger partial charge is 0.493 e. The molecule has 0 amide bonds. The number of para-hydroxylation sites is 1. The number of rotatable bonds is 8. The van der Waals surface area contributed by atoms with Crippen molar-refractivity contribution >= 4 is 23.5 Å². The summed E-state index contributed by atoms with van der Waals surface area (Å²) in [6.45, 7) is 6.24. The molecule has 1 aromatic rings. The van der Waals surface area contributed by atoms with Gasteiger partial charge in [-0.25, -0.2) is 0 Å². The number of benzene rings is 1. The third-order valence-electron chi connectivity index (χ3n) is 3.54. The highest BCUT2D eigenvalue weighted by Gasteiger charge is 2.27. The third kappa shape index (κ3) is 5.11. The fourth-order valence-electron chi connectivity index (χ4n) is 2.52. The molecule has 1 fully saturated rings. The Balaban J connectivity index is 2.18. The summed E-state index contributed by atoms with van der Waals surface area (Å²) in [6, 6.07) is 8.96. The van der Waals surface area contributed by atoms with Gasteiger partial charge in [0.1, 0.15) is 5.75 Å². The standard InChI is InChI=1S/C17H27NOS2/c1-3-9-18-17(16-13-20-11-12-21-16)14-7-5-6-8-15(14)19-10-4-2/h5-8,16-18H,3-4,9-13H2,1-2H3. The lowest BCUT2D eigenvalue weighted by molar-refractivity contribution is 0.310. The van der Waals surface area contributed by atoms with Gasteiger partial charge in [0.25, 0.3) is 0 Å². The molecule has 0 radical (unpaired) electrons. The summed E-state index contributed by atoms with van der Waals surface area (Å²) in [6.07, 6.45) is 2.22. The molecule has 1 N–H and O–H groups in total. The lowest BCUT2D eigenvalue weighted by Gasteiger charge is -2.31. The van der Waals surface area contributed by atoms with Gasteiger partial charge in [-0.05, 0) is 25.5 Å². The number of hydrogen-bond acceptors (Lipinski definition) is 4.